The topological polar surface area (TPSA) is 63.9 Å². The van der Waals surface area contributed by atoms with Crippen LogP contribution in [0.5, 0.6) is 5.75 Å². The molecule has 5 heteroatoms. The van der Waals surface area contributed by atoms with Gasteiger partial charge in [0.25, 0.3) is 0 Å². The fourth-order valence-electron chi connectivity index (χ4n) is 3.82. The third-order valence-electron chi connectivity index (χ3n) is 5.08. The van der Waals surface area contributed by atoms with E-state index in [1.807, 2.05) is 38.1 Å². The molecule has 3 aromatic rings. The van der Waals surface area contributed by atoms with Crippen LogP contribution in [0.15, 0.2) is 30.3 Å². The number of epoxide rings is 1. The van der Waals surface area contributed by atoms with Crippen LogP contribution in [0, 0.1) is 0 Å². The molecule has 1 N–H and O–H groups in total. The molecule has 2 atom stereocenters. The van der Waals surface area contributed by atoms with E-state index in [-0.39, 0.29) is 23.8 Å². The number of rotatable bonds is 2. The van der Waals surface area contributed by atoms with Crippen molar-refractivity contribution in [1.29, 1.82) is 0 Å². The average molecular weight is 323 g/mol. The summed E-state index contributed by atoms with van der Waals surface area (Å²) in [5.41, 5.74) is 3.10. The van der Waals surface area contributed by atoms with Crippen molar-refractivity contribution in [2.75, 3.05) is 7.11 Å². The molecule has 0 aliphatic carbocycles. The van der Waals surface area contributed by atoms with Gasteiger partial charge in [0.1, 0.15) is 11.9 Å². The van der Waals surface area contributed by atoms with E-state index in [2.05, 4.69) is 4.98 Å². The number of carbonyl (C=O) groups excluding carboxylic acids is 1. The molecule has 1 saturated heterocycles. The molecule has 0 bridgehead atoms. The average Bonchev–Trinajstić information content (AvgIpc) is 2.92. The molecule has 1 aromatic heterocycles. The lowest BCUT2D eigenvalue weighted by Crippen LogP contribution is -2.13. The molecule has 0 saturated carbocycles. The number of aromatic nitrogens is 1. The van der Waals surface area contributed by atoms with E-state index in [1.54, 1.807) is 13.2 Å². The summed E-state index contributed by atoms with van der Waals surface area (Å²) in [6, 6.07) is 9.81. The maximum atomic E-state index is 12.4. The maximum absolute atomic E-state index is 12.4. The van der Waals surface area contributed by atoms with E-state index in [1.165, 1.54) is 0 Å². The molecule has 0 unspecified atom stereocenters. The van der Waals surface area contributed by atoms with Gasteiger partial charge in [-0.3, -0.25) is 0 Å². The fourth-order valence-corrected chi connectivity index (χ4v) is 3.82. The van der Waals surface area contributed by atoms with E-state index in [0.29, 0.717) is 11.3 Å². The number of fused-ring (bicyclic) bond motifs is 5. The van der Waals surface area contributed by atoms with Crippen LogP contribution in [0.4, 0.5) is 0 Å². The standard InChI is InChI=1S/C19H17NO4/c1-19(2)17(24-19)16-14-10(18(21)23-16)8-12(22-3)15-13(14)9-6-4-5-7-11(9)20-15/h4-8,16-17,20H,1-3H3/t16-,17+/m1/s1. The summed E-state index contributed by atoms with van der Waals surface area (Å²) in [5.74, 6) is 0.334. The molecule has 1 fully saturated rings. The van der Waals surface area contributed by atoms with Crippen molar-refractivity contribution in [2.45, 2.75) is 31.7 Å². The van der Waals surface area contributed by atoms with Gasteiger partial charge in [0.05, 0.1) is 23.8 Å². The van der Waals surface area contributed by atoms with Gasteiger partial charge in [-0.2, -0.15) is 0 Å². The number of carbonyl (C=O) groups is 1. The summed E-state index contributed by atoms with van der Waals surface area (Å²) < 4.78 is 17.0. The maximum Gasteiger partial charge on any atom is 0.339 e. The van der Waals surface area contributed by atoms with E-state index in [0.717, 1.165) is 27.4 Å². The van der Waals surface area contributed by atoms with Gasteiger partial charge in [-0.15, -0.1) is 0 Å². The summed E-state index contributed by atoms with van der Waals surface area (Å²) in [5, 5.41) is 2.05. The molecule has 0 amide bonds. The first-order valence-corrected chi connectivity index (χ1v) is 8.01. The summed E-state index contributed by atoms with van der Waals surface area (Å²) in [6.07, 6.45) is -0.497. The molecule has 2 aliphatic heterocycles. The first kappa shape index (κ1) is 13.9. The highest BCUT2D eigenvalue weighted by Crippen LogP contribution is 2.52. The lowest BCUT2D eigenvalue weighted by Gasteiger charge is -2.11. The smallest absolute Gasteiger partial charge is 0.339 e. The summed E-state index contributed by atoms with van der Waals surface area (Å²) in [6.45, 7) is 4.03. The number of H-pyrrole nitrogens is 1. The predicted octanol–water partition coefficient (Wildman–Crippen LogP) is 3.72. The SMILES string of the molecule is COc1cc2c(c3c1[nH]c1ccccc13)[C@H]([C@@H]1OC1(C)C)OC2=O. The van der Waals surface area contributed by atoms with Crippen molar-refractivity contribution in [3.8, 4) is 5.75 Å². The second kappa shape index (κ2) is 4.30. The highest BCUT2D eigenvalue weighted by Gasteiger charge is 2.57. The zero-order valence-corrected chi connectivity index (χ0v) is 13.7. The van der Waals surface area contributed by atoms with Gasteiger partial charge in [0, 0.05) is 21.9 Å². The summed E-state index contributed by atoms with van der Waals surface area (Å²) in [7, 11) is 1.61. The highest BCUT2D eigenvalue weighted by molar-refractivity contribution is 6.15. The van der Waals surface area contributed by atoms with Crippen molar-refractivity contribution >= 4 is 27.8 Å². The van der Waals surface area contributed by atoms with Gasteiger partial charge in [0.2, 0.25) is 0 Å². The van der Waals surface area contributed by atoms with Crippen molar-refractivity contribution < 1.29 is 19.0 Å². The minimum Gasteiger partial charge on any atom is -0.495 e. The van der Waals surface area contributed by atoms with Gasteiger partial charge in [-0.05, 0) is 26.0 Å². The Morgan fingerprint density at radius 1 is 1.25 bits per heavy atom. The molecule has 24 heavy (non-hydrogen) atoms. The van der Waals surface area contributed by atoms with Crippen LogP contribution >= 0.6 is 0 Å². The number of ether oxygens (including phenoxy) is 3. The molecule has 0 spiro atoms. The summed E-state index contributed by atoms with van der Waals surface area (Å²) in [4.78, 5) is 15.9. The lowest BCUT2D eigenvalue weighted by molar-refractivity contribution is 0.0323. The Bertz CT molecular complexity index is 1020. The highest BCUT2D eigenvalue weighted by atomic mass is 16.6. The number of aromatic amines is 1. The lowest BCUT2D eigenvalue weighted by atomic mass is 9.93. The molecular weight excluding hydrogens is 306 g/mol. The Balaban J connectivity index is 1.88. The van der Waals surface area contributed by atoms with Gasteiger partial charge < -0.3 is 19.2 Å². The van der Waals surface area contributed by atoms with Crippen LogP contribution in [0.1, 0.15) is 35.9 Å². The molecule has 3 heterocycles. The van der Waals surface area contributed by atoms with Gasteiger partial charge in [-0.25, -0.2) is 4.79 Å². The van der Waals surface area contributed by atoms with Crippen molar-refractivity contribution in [3.63, 3.8) is 0 Å². The molecule has 122 valence electrons. The molecular formula is C19H17NO4. The molecule has 2 aliphatic rings. The van der Waals surface area contributed by atoms with Crippen LogP contribution in [0.2, 0.25) is 0 Å². The number of methoxy groups -OCH3 is 1. The zero-order chi connectivity index (χ0) is 16.6. The number of hydrogen-bond acceptors (Lipinski definition) is 4. The van der Waals surface area contributed by atoms with Crippen LogP contribution < -0.4 is 4.74 Å². The van der Waals surface area contributed by atoms with Crippen LogP contribution in [0.25, 0.3) is 21.8 Å². The number of cyclic esters (lactones) is 1. The Morgan fingerprint density at radius 3 is 2.71 bits per heavy atom. The third kappa shape index (κ3) is 1.65. The van der Waals surface area contributed by atoms with E-state index < -0.39 is 0 Å². The van der Waals surface area contributed by atoms with Crippen LogP contribution in [-0.4, -0.2) is 29.8 Å². The van der Waals surface area contributed by atoms with E-state index in [4.69, 9.17) is 14.2 Å². The van der Waals surface area contributed by atoms with E-state index in [9.17, 15) is 4.79 Å². The van der Waals surface area contributed by atoms with Gasteiger partial charge >= 0.3 is 5.97 Å². The normalized spacial score (nSPS) is 24.2. The Hall–Kier alpha value is -2.53. The Labute approximate surface area is 138 Å². The Morgan fingerprint density at radius 2 is 2.00 bits per heavy atom. The predicted molar refractivity (Wildman–Crippen MR) is 89.5 cm³/mol. The largest absolute Gasteiger partial charge is 0.495 e. The van der Waals surface area contributed by atoms with Gasteiger partial charge in [0.15, 0.2) is 6.10 Å². The second-order valence-corrected chi connectivity index (χ2v) is 6.93. The fraction of sp³-hybridized carbons (Fsp3) is 0.316. The van der Waals surface area contributed by atoms with Crippen LogP contribution in [-0.2, 0) is 9.47 Å². The van der Waals surface area contributed by atoms with Gasteiger partial charge in [-0.1, -0.05) is 18.2 Å². The minimum absolute atomic E-state index is 0.118. The van der Waals surface area contributed by atoms with E-state index >= 15 is 0 Å². The van der Waals surface area contributed by atoms with Crippen molar-refractivity contribution in [2.24, 2.45) is 0 Å². The zero-order valence-electron chi connectivity index (χ0n) is 13.7. The summed E-state index contributed by atoms with van der Waals surface area (Å²) >= 11 is 0. The minimum atomic E-state index is -0.380. The number of para-hydroxylation sites is 1. The number of nitrogens with one attached hydrogen (secondary N) is 1. The Kier molecular flexibility index (Phi) is 2.49. The van der Waals surface area contributed by atoms with Crippen molar-refractivity contribution in [3.05, 3.63) is 41.5 Å². The first-order valence-electron chi connectivity index (χ1n) is 8.01. The quantitative estimate of drug-likeness (QED) is 0.577. The van der Waals surface area contributed by atoms with Crippen LogP contribution in [0.3, 0.4) is 0 Å². The molecule has 5 rings (SSSR count). The molecule has 0 radical (unpaired) electrons. The third-order valence-corrected chi connectivity index (χ3v) is 5.08. The number of esters is 1. The number of benzene rings is 2. The molecule has 2 aromatic carbocycles. The number of hydrogen-bond donors (Lipinski definition) is 1. The first-order chi connectivity index (χ1) is 11.5. The van der Waals surface area contributed by atoms with Crippen molar-refractivity contribution in [1.82, 2.24) is 4.98 Å². The monoisotopic (exact) mass is 323 g/mol. The molecule has 5 nitrogen and oxygen atoms in total. The second-order valence-electron chi connectivity index (χ2n) is 6.93.